The van der Waals surface area contributed by atoms with Crippen LogP contribution in [0.4, 0.5) is 4.39 Å². The zero-order valence-corrected chi connectivity index (χ0v) is 13.4. The molecule has 2 rings (SSSR count). The minimum absolute atomic E-state index is 0.0458. The molecular formula is C17H25FN2O2. The zero-order valence-electron chi connectivity index (χ0n) is 13.4. The van der Waals surface area contributed by atoms with Gasteiger partial charge in [0.25, 0.3) is 0 Å². The van der Waals surface area contributed by atoms with E-state index >= 15 is 0 Å². The highest BCUT2D eigenvalue weighted by atomic mass is 19.1. The van der Waals surface area contributed by atoms with Gasteiger partial charge in [0, 0.05) is 19.1 Å². The Morgan fingerprint density at radius 3 is 2.68 bits per heavy atom. The number of hydrogen-bond donors (Lipinski definition) is 2. The van der Waals surface area contributed by atoms with E-state index in [9.17, 15) is 9.18 Å². The van der Waals surface area contributed by atoms with Crippen molar-refractivity contribution in [2.24, 2.45) is 5.92 Å². The molecule has 1 amide bonds. The van der Waals surface area contributed by atoms with Crippen molar-refractivity contribution in [2.45, 2.75) is 44.9 Å². The summed E-state index contributed by atoms with van der Waals surface area (Å²) >= 11 is 0. The molecule has 122 valence electrons. The third-order valence-electron chi connectivity index (χ3n) is 4.27. The summed E-state index contributed by atoms with van der Waals surface area (Å²) in [6.45, 7) is 4.89. The van der Waals surface area contributed by atoms with Crippen LogP contribution in [0.25, 0.3) is 0 Å². The smallest absolute Gasteiger partial charge is 0.223 e. The molecule has 22 heavy (non-hydrogen) atoms. The number of benzene rings is 1. The fraction of sp³-hybridized carbons (Fsp3) is 0.588. The number of hydrogen-bond acceptors (Lipinski definition) is 3. The molecule has 2 unspecified atom stereocenters. The van der Waals surface area contributed by atoms with E-state index in [1.54, 1.807) is 19.2 Å². The van der Waals surface area contributed by atoms with E-state index in [1.807, 2.05) is 6.92 Å². The van der Waals surface area contributed by atoms with Crippen molar-refractivity contribution in [1.29, 1.82) is 0 Å². The molecule has 4 atom stereocenters. The van der Waals surface area contributed by atoms with Crippen molar-refractivity contribution in [3.05, 3.63) is 35.6 Å². The molecule has 0 radical (unpaired) electrons. The van der Waals surface area contributed by atoms with E-state index in [4.69, 9.17) is 4.74 Å². The maximum Gasteiger partial charge on any atom is 0.223 e. The number of ether oxygens (including phenoxy) is 1. The molecular weight excluding hydrogens is 283 g/mol. The molecule has 4 nitrogen and oxygen atoms in total. The lowest BCUT2D eigenvalue weighted by atomic mass is 9.92. The van der Waals surface area contributed by atoms with E-state index in [1.165, 1.54) is 12.1 Å². The minimum atomic E-state index is -0.288. The number of rotatable bonds is 5. The quantitative estimate of drug-likeness (QED) is 0.878. The standard InChI is InChI=1S/C17H25FN2O2/c1-11-10-14(8-9-19-11)17(21)20-12(2)16(22-3)13-4-6-15(18)7-5-13/h4-7,11-12,14,16,19H,8-10H2,1-3H3,(H,20,21)/t11-,12?,14-,16?/m0/s1. The fourth-order valence-corrected chi connectivity index (χ4v) is 3.07. The topological polar surface area (TPSA) is 50.4 Å². The van der Waals surface area contributed by atoms with Crippen molar-refractivity contribution in [2.75, 3.05) is 13.7 Å². The van der Waals surface area contributed by atoms with Gasteiger partial charge in [-0.05, 0) is 50.9 Å². The van der Waals surface area contributed by atoms with Gasteiger partial charge in [-0.25, -0.2) is 4.39 Å². The van der Waals surface area contributed by atoms with Crippen LogP contribution in [0.3, 0.4) is 0 Å². The number of halogens is 1. The molecule has 1 heterocycles. The van der Waals surface area contributed by atoms with Crippen LogP contribution >= 0.6 is 0 Å². The van der Waals surface area contributed by atoms with Crippen molar-refractivity contribution >= 4 is 5.91 Å². The van der Waals surface area contributed by atoms with E-state index < -0.39 is 0 Å². The average molecular weight is 308 g/mol. The maximum absolute atomic E-state index is 13.0. The van der Waals surface area contributed by atoms with Gasteiger partial charge >= 0.3 is 0 Å². The number of carbonyl (C=O) groups excluding carboxylic acids is 1. The molecule has 1 fully saturated rings. The first-order valence-electron chi connectivity index (χ1n) is 7.83. The molecule has 0 spiro atoms. The van der Waals surface area contributed by atoms with Crippen LogP contribution in [0.2, 0.25) is 0 Å². The molecule has 5 heteroatoms. The van der Waals surface area contributed by atoms with Gasteiger partial charge in [0.2, 0.25) is 5.91 Å². The number of methoxy groups -OCH3 is 1. The molecule has 1 aliphatic heterocycles. The van der Waals surface area contributed by atoms with Gasteiger partial charge in [-0.15, -0.1) is 0 Å². The minimum Gasteiger partial charge on any atom is -0.375 e. The first kappa shape index (κ1) is 16.9. The zero-order chi connectivity index (χ0) is 16.1. The van der Waals surface area contributed by atoms with Crippen molar-refractivity contribution in [3.63, 3.8) is 0 Å². The monoisotopic (exact) mass is 308 g/mol. The highest BCUT2D eigenvalue weighted by Crippen LogP contribution is 2.22. The second kappa shape index (κ2) is 7.70. The van der Waals surface area contributed by atoms with Gasteiger partial charge in [0.05, 0.1) is 6.04 Å². The third kappa shape index (κ3) is 4.27. The van der Waals surface area contributed by atoms with Crippen LogP contribution in [0, 0.1) is 11.7 Å². The van der Waals surface area contributed by atoms with Gasteiger partial charge in [0.15, 0.2) is 0 Å². The third-order valence-corrected chi connectivity index (χ3v) is 4.27. The lowest BCUT2D eigenvalue weighted by molar-refractivity contribution is -0.127. The predicted octanol–water partition coefficient (Wildman–Crippen LogP) is 2.41. The Labute approximate surface area is 131 Å². The average Bonchev–Trinajstić information content (AvgIpc) is 2.50. The van der Waals surface area contributed by atoms with Gasteiger partial charge in [-0.2, -0.15) is 0 Å². The van der Waals surface area contributed by atoms with Crippen LogP contribution < -0.4 is 10.6 Å². The Bertz CT molecular complexity index is 492. The summed E-state index contributed by atoms with van der Waals surface area (Å²) < 4.78 is 18.5. The van der Waals surface area contributed by atoms with Crippen LogP contribution in [0.15, 0.2) is 24.3 Å². The summed E-state index contributed by atoms with van der Waals surface area (Å²) in [4.78, 5) is 12.4. The lowest BCUT2D eigenvalue weighted by Gasteiger charge is -2.30. The number of piperidine rings is 1. The van der Waals surface area contributed by atoms with Crippen LogP contribution in [0.5, 0.6) is 0 Å². The summed E-state index contributed by atoms with van der Waals surface area (Å²) in [5, 5.41) is 6.39. The van der Waals surface area contributed by atoms with Crippen LogP contribution in [-0.2, 0) is 9.53 Å². The predicted molar refractivity (Wildman–Crippen MR) is 83.9 cm³/mol. The summed E-state index contributed by atoms with van der Waals surface area (Å²) in [6.07, 6.45) is 1.42. The number of amides is 1. The Kier molecular flexibility index (Phi) is 5.91. The van der Waals surface area contributed by atoms with E-state index in [0.717, 1.165) is 24.9 Å². The van der Waals surface area contributed by atoms with Gasteiger partial charge < -0.3 is 15.4 Å². The first-order valence-corrected chi connectivity index (χ1v) is 7.83. The molecule has 1 saturated heterocycles. The van der Waals surface area contributed by atoms with Crippen LogP contribution in [0.1, 0.15) is 38.4 Å². The highest BCUT2D eigenvalue weighted by molar-refractivity contribution is 5.79. The second-order valence-corrected chi connectivity index (χ2v) is 6.08. The van der Waals surface area contributed by atoms with E-state index in [-0.39, 0.29) is 29.8 Å². The Balaban J connectivity index is 1.98. The Morgan fingerprint density at radius 2 is 2.09 bits per heavy atom. The molecule has 2 N–H and O–H groups in total. The Hall–Kier alpha value is -1.46. The summed E-state index contributed by atoms with van der Waals surface area (Å²) in [5.74, 6) is -0.159. The van der Waals surface area contributed by atoms with Gasteiger partial charge in [-0.1, -0.05) is 12.1 Å². The largest absolute Gasteiger partial charge is 0.375 e. The number of nitrogens with one attached hydrogen (secondary N) is 2. The summed E-state index contributed by atoms with van der Waals surface area (Å²) in [6, 6.07) is 6.40. The fourth-order valence-electron chi connectivity index (χ4n) is 3.07. The molecule has 1 aromatic rings. The van der Waals surface area contributed by atoms with Crippen molar-refractivity contribution in [3.8, 4) is 0 Å². The normalized spacial score (nSPS) is 24.5. The maximum atomic E-state index is 13.0. The van der Waals surface area contributed by atoms with Crippen molar-refractivity contribution < 1.29 is 13.9 Å². The Morgan fingerprint density at radius 1 is 1.41 bits per heavy atom. The van der Waals surface area contributed by atoms with Crippen molar-refractivity contribution in [1.82, 2.24) is 10.6 Å². The second-order valence-electron chi connectivity index (χ2n) is 6.08. The molecule has 0 aliphatic carbocycles. The van der Waals surface area contributed by atoms with Crippen LogP contribution in [-0.4, -0.2) is 31.6 Å². The molecule has 1 aliphatic rings. The lowest BCUT2D eigenvalue weighted by Crippen LogP contribution is -2.46. The molecule has 1 aromatic carbocycles. The first-order chi connectivity index (χ1) is 10.5. The molecule has 0 aromatic heterocycles. The summed E-state index contributed by atoms with van der Waals surface area (Å²) in [5.41, 5.74) is 0.857. The molecule has 0 saturated carbocycles. The molecule has 0 bridgehead atoms. The van der Waals surface area contributed by atoms with Gasteiger partial charge in [-0.3, -0.25) is 4.79 Å². The summed E-state index contributed by atoms with van der Waals surface area (Å²) in [7, 11) is 1.60. The van der Waals surface area contributed by atoms with E-state index in [2.05, 4.69) is 17.6 Å². The van der Waals surface area contributed by atoms with Gasteiger partial charge in [0.1, 0.15) is 11.9 Å². The van der Waals surface area contributed by atoms with E-state index in [0.29, 0.717) is 6.04 Å². The number of carbonyl (C=O) groups is 1. The SMILES string of the molecule is COC(c1ccc(F)cc1)C(C)NC(=O)[C@H]1CCN[C@@H](C)C1. The highest BCUT2D eigenvalue weighted by Gasteiger charge is 2.28.